The zero-order chi connectivity index (χ0) is 16.1. The largest absolute Gasteiger partial charge is 0.387 e. The molecule has 4 heteroatoms. The summed E-state index contributed by atoms with van der Waals surface area (Å²) in [4.78, 5) is 15.4. The Morgan fingerprint density at radius 1 is 1.41 bits per heavy atom. The molecule has 4 nitrogen and oxygen atoms in total. The fourth-order valence-electron chi connectivity index (χ4n) is 2.89. The van der Waals surface area contributed by atoms with Crippen molar-refractivity contribution < 1.29 is 9.90 Å². The van der Waals surface area contributed by atoms with E-state index in [0.717, 1.165) is 29.8 Å². The average Bonchev–Trinajstić information content (AvgIpc) is 2.90. The lowest BCUT2D eigenvalue weighted by molar-refractivity contribution is -0.116. The van der Waals surface area contributed by atoms with Gasteiger partial charge >= 0.3 is 0 Å². The van der Waals surface area contributed by atoms with E-state index in [1.54, 1.807) is 11.8 Å². The molecule has 1 N–H and O–H groups in total. The number of benzene rings is 1. The molecule has 1 aliphatic rings. The number of hydrogen-bond acceptors (Lipinski definition) is 3. The Balaban J connectivity index is 2.11. The smallest absolute Gasteiger partial charge is 0.223 e. The maximum Gasteiger partial charge on any atom is 0.223 e. The zero-order valence-electron chi connectivity index (χ0n) is 13.2. The average molecular weight is 300 g/mol. The first-order valence-corrected chi connectivity index (χ1v) is 7.60. The van der Waals surface area contributed by atoms with Crippen LogP contribution in [0.25, 0.3) is 0 Å². The molecule has 0 bridgehead atoms. The Labute approximate surface area is 132 Å². The number of carbonyl (C=O) groups is 1. The molecular weight excluding hydrogens is 276 g/mol. The number of nitrogens with zero attached hydrogens (tertiary/aromatic N) is 2. The summed E-state index contributed by atoms with van der Waals surface area (Å²) in [5, 5.41) is 10.5. The molecule has 1 atom stereocenters. The molecule has 1 aliphatic heterocycles. The van der Waals surface area contributed by atoms with Crippen LogP contribution in [0.5, 0.6) is 0 Å². The quantitative estimate of drug-likeness (QED) is 0.786. The third kappa shape index (κ3) is 3.64. The predicted octanol–water partition coefficient (Wildman–Crippen LogP) is 2.30. The van der Waals surface area contributed by atoms with Crippen LogP contribution in [0.4, 0.5) is 5.69 Å². The van der Waals surface area contributed by atoms with E-state index in [4.69, 9.17) is 0 Å². The molecule has 0 spiro atoms. The van der Waals surface area contributed by atoms with E-state index < -0.39 is 6.10 Å². The summed E-state index contributed by atoms with van der Waals surface area (Å²) >= 11 is 0. The minimum atomic E-state index is -0.559. The fourth-order valence-corrected chi connectivity index (χ4v) is 2.89. The van der Waals surface area contributed by atoms with Crippen molar-refractivity contribution in [1.29, 1.82) is 0 Å². The highest BCUT2D eigenvalue weighted by Gasteiger charge is 2.23. The molecule has 1 amide bonds. The van der Waals surface area contributed by atoms with Crippen LogP contribution in [0.3, 0.4) is 0 Å². The SMILES string of the molecule is C=CCN(CC=C)CC(O)c1ccc2c(c1)CCN2C(C)=O. The maximum absolute atomic E-state index is 11.6. The normalized spacial score (nSPS) is 14.8. The van der Waals surface area contributed by atoms with Gasteiger partial charge in [0.25, 0.3) is 0 Å². The Kier molecular flexibility index (Phi) is 5.52. The van der Waals surface area contributed by atoms with Gasteiger partial charge in [0, 0.05) is 38.8 Å². The summed E-state index contributed by atoms with van der Waals surface area (Å²) in [5.41, 5.74) is 2.99. The summed E-state index contributed by atoms with van der Waals surface area (Å²) in [6.45, 7) is 11.8. The molecule has 0 aromatic heterocycles. The molecule has 0 radical (unpaired) electrons. The van der Waals surface area contributed by atoms with E-state index in [1.807, 2.05) is 30.4 Å². The number of fused-ring (bicyclic) bond motifs is 1. The van der Waals surface area contributed by atoms with Gasteiger partial charge in [-0.25, -0.2) is 0 Å². The second kappa shape index (κ2) is 7.38. The minimum Gasteiger partial charge on any atom is -0.387 e. The lowest BCUT2D eigenvalue weighted by Gasteiger charge is -2.23. The number of amides is 1. The minimum absolute atomic E-state index is 0.0650. The molecule has 1 aromatic rings. The van der Waals surface area contributed by atoms with Gasteiger partial charge < -0.3 is 10.0 Å². The topological polar surface area (TPSA) is 43.8 Å². The van der Waals surface area contributed by atoms with Crippen LogP contribution in [0.2, 0.25) is 0 Å². The summed E-state index contributed by atoms with van der Waals surface area (Å²) in [6.07, 6.45) is 3.93. The lowest BCUT2D eigenvalue weighted by Crippen LogP contribution is -2.29. The summed E-state index contributed by atoms with van der Waals surface area (Å²) in [7, 11) is 0. The molecule has 1 unspecified atom stereocenters. The van der Waals surface area contributed by atoms with Crippen molar-refractivity contribution in [3.8, 4) is 0 Å². The number of aliphatic hydroxyl groups excluding tert-OH is 1. The van der Waals surface area contributed by atoms with Gasteiger partial charge in [-0.3, -0.25) is 9.69 Å². The Morgan fingerprint density at radius 3 is 2.68 bits per heavy atom. The molecule has 0 fully saturated rings. The lowest BCUT2D eigenvalue weighted by atomic mass is 10.0. The van der Waals surface area contributed by atoms with Crippen molar-refractivity contribution in [3.05, 3.63) is 54.6 Å². The van der Waals surface area contributed by atoms with Crippen molar-refractivity contribution in [2.75, 3.05) is 31.1 Å². The van der Waals surface area contributed by atoms with Crippen molar-refractivity contribution in [1.82, 2.24) is 4.90 Å². The summed E-state index contributed by atoms with van der Waals surface area (Å²) in [5.74, 6) is 0.0650. The third-order valence-corrected chi connectivity index (χ3v) is 3.97. The third-order valence-electron chi connectivity index (χ3n) is 3.97. The first-order chi connectivity index (χ1) is 10.6. The Morgan fingerprint density at radius 2 is 2.09 bits per heavy atom. The maximum atomic E-state index is 11.6. The van der Waals surface area contributed by atoms with Gasteiger partial charge in [-0.15, -0.1) is 13.2 Å². The monoisotopic (exact) mass is 300 g/mol. The first kappa shape index (κ1) is 16.5. The second-order valence-electron chi connectivity index (χ2n) is 5.62. The molecule has 1 aromatic carbocycles. The molecule has 118 valence electrons. The highest BCUT2D eigenvalue weighted by atomic mass is 16.3. The molecule has 1 heterocycles. The number of carbonyl (C=O) groups excluding carboxylic acids is 1. The molecule has 0 saturated heterocycles. The van der Waals surface area contributed by atoms with Crippen LogP contribution in [-0.2, 0) is 11.2 Å². The van der Waals surface area contributed by atoms with Crippen molar-refractivity contribution in [2.45, 2.75) is 19.4 Å². The summed E-state index contributed by atoms with van der Waals surface area (Å²) < 4.78 is 0. The van der Waals surface area contributed by atoms with Crippen LogP contribution < -0.4 is 4.90 Å². The van der Waals surface area contributed by atoms with Crippen LogP contribution in [0.1, 0.15) is 24.2 Å². The van der Waals surface area contributed by atoms with Gasteiger partial charge in [-0.1, -0.05) is 24.3 Å². The van der Waals surface area contributed by atoms with Gasteiger partial charge in [-0.05, 0) is 23.6 Å². The van der Waals surface area contributed by atoms with Crippen LogP contribution in [-0.4, -0.2) is 42.1 Å². The Hall–Kier alpha value is -1.91. The van der Waals surface area contributed by atoms with Gasteiger partial charge in [0.05, 0.1) is 6.10 Å². The van der Waals surface area contributed by atoms with Crippen LogP contribution in [0, 0.1) is 0 Å². The van der Waals surface area contributed by atoms with Crippen molar-refractivity contribution in [2.24, 2.45) is 0 Å². The molecule has 0 aliphatic carbocycles. The van der Waals surface area contributed by atoms with E-state index >= 15 is 0 Å². The van der Waals surface area contributed by atoms with E-state index in [0.29, 0.717) is 19.6 Å². The van der Waals surface area contributed by atoms with E-state index in [9.17, 15) is 9.90 Å². The highest BCUT2D eigenvalue weighted by Crippen LogP contribution is 2.30. The summed E-state index contributed by atoms with van der Waals surface area (Å²) in [6, 6.07) is 5.86. The standard InChI is InChI=1S/C18H24N2O2/c1-4-9-19(10-5-2)13-18(22)16-6-7-17-15(12-16)8-11-20(17)14(3)21/h4-7,12,18,22H,1-2,8-11,13H2,3H3. The highest BCUT2D eigenvalue weighted by molar-refractivity contribution is 5.93. The number of hydrogen-bond donors (Lipinski definition) is 1. The van der Waals surface area contributed by atoms with Crippen LogP contribution in [0.15, 0.2) is 43.5 Å². The first-order valence-electron chi connectivity index (χ1n) is 7.60. The molecule has 0 saturated carbocycles. The van der Waals surface area contributed by atoms with Gasteiger partial charge in [0.1, 0.15) is 0 Å². The van der Waals surface area contributed by atoms with E-state index in [-0.39, 0.29) is 5.91 Å². The Bertz CT molecular complexity index is 558. The van der Waals surface area contributed by atoms with Crippen LogP contribution >= 0.6 is 0 Å². The number of rotatable bonds is 7. The van der Waals surface area contributed by atoms with E-state index in [1.165, 1.54) is 0 Å². The van der Waals surface area contributed by atoms with Crippen molar-refractivity contribution in [3.63, 3.8) is 0 Å². The molecular formula is C18H24N2O2. The van der Waals surface area contributed by atoms with Crippen molar-refractivity contribution >= 4 is 11.6 Å². The van der Waals surface area contributed by atoms with Gasteiger partial charge in [0.15, 0.2) is 0 Å². The fraction of sp³-hybridized carbons (Fsp3) is 0.389. The predicted molar refractivity (Wildman–Crippen MR) is 90.0 cm³/mol. The number of anilines is 1. The zero-order valence-corrected chi connectivity index (χ0v) is 13.2. The van der Waals surface area contributed by atoms with E-state index in [2.05, 4.69) is 18.1 Å². The molecule has 22 heavy (non-hydrogen) atoms. The van der Waals surface area contributed by atoms with Gasteiger partial charge in [0.2, 0.25) is 5.91 Å². The van der Waals surface area contributed by atoms with Gasteiger partial charge in [-0.2, -0.15) is 0 Å². The number of aliphatic hydroxyl groups is 1. The molecule has 2 rings (SSSR count). The second-order valence-corrected chi connectivity index (χ2v) is 5.62.